The van der Waals surface area contributed by atoms with Crippen LogP contribution < -0.4 is 0 Å². The van der Waals surface area contributed by atoms with Crippen molar-refractivity contribution in [2.24, 2.45) is 5.92 Å². The average molecular weight is 326 g/mol. The molecule has 4 nitrogen and oxygen atoms in total. The second-order valence-corrected chi connectivity index (χ2v) is 7.72. The molecule has 2 saturated carbocycles. The molecule has 2 aliphatic heterocycles. The second kappa shape index (κ2) is 9.36. The van der Waals surface area contributed by atoms with Gasteiger partial charge in [0.15, 0.2) is 0 Å². The quantitative estimate of drug-likeness (QED) is 0.698. The van der Waals surface area contributed by atoms with Gasteiger partial charge in [0.2, 0.25) is 0 Å². The molecule has 4 rings (SSSR count). The maximum absolute atomic E-state index is 5.73. The summed E-state index contributed by atoms with van der Waals surface area (Å²) in [5.41, 5.74) is 0. The van der Waals surface area contributed by atoms with Crippen LogP contribution in [-0.2, 0) is 18.9 Å². The van der Waals surface area contributed by atoms with Gasteiger partial charge in [0.25, 0.3) is 0 Å². The standard InChI is InChI=1S/C10H18O2.C9H16O2/c1-8-2-4-9(5-3-8)11-6-10-7-12-10;1-2-4-8(5-3-1)10-6-9-7-11-9/h8-10H,2-7H2,1H3;8-9H,1-7H2. The van der Waals surface area contributed by atoms with E-state index in [1.165, 1.54) is 57.8 Å². The van der Waals surface area contributed by atoms with Crippen LogP contribution in [0, 0.1) is 5.92 Å². The van der Waals surface area contributed by atoms with E-state index >= 15 is 0 Å². The molecule has 0 bridgehead atoms. The number of hydrogen-bond donors (Lipinski definition) is 0. The van der Waals surface area contributed by atoms with Gasteiger partial charge in [-0.05, 0) is 44.4 Å². The number of rotatable bonds is 6. The zero-order valence-corrected chi connectivity index (χ0v) is 14.7. The molecule has 0 aromatic heterocycles. The first-order chi connectivity index (χ1) is 11.3. The minimum atomic E-state index is 0.435. The molecule has 4 aliphatic rings. The Labute approximate surface area is 141 Å². The van der Waals surface area contributed by atoms with Gasteiger partial charge in [-0.25, -0.2) is 0 Å². The summed E-state index contributed by atoms with van der Waals surface area (Å²) < 4.78 is 21.6. The van der Waals surface area contributed by atoms with Crippen LogP contribution in [0.3, 0.4) is 0 Å². The third-order valence-electron chi connectivity index (χ3n) is 5.36. The predicted molar refractivity (Wildman–Crippen MR) is 89.7 cm³/mol. The predicted octanol–water partition coefficient (Wildman–Crippen LogP) is 3.72. The molecule has 2 unspecified atom stereocenters. The SMILES string of the molecule is C1CCC(OCC2CO2)CC1.CC1CCC(OCC2CO2)CC1. The minimum absolute atomic E-state index is 0.435. The average Bonchev–Trinajstić information content (AvgIpc) is 3.49. The highest BCUT2D eigenvalue weighted by atomic mass is 16.6. The Morgan fingerprint density at radius 1 is 0.696 bits per heavy atom. The van der Waals surface area contributed by atoms with Gasteiger partial charge in [-0.15, -0.1) is 0 Å². The molecule has 2 heterocycles. The first kappa shape index (κ1) is 17.7. The molecule has 134 valence electrons. The lowest BCUT2D eigenvalue weighted by molar-refractivity contribution is 0.0120. The van der Waals surface area contributed by atoms with Crippen molar-refractivity contribution >= 4 is 0 Å². The molecule has 0 radical (unpaired) electrons. The Kier molecular flexibility index (Phi) is 7.18. The highest BCUT2D eigenvalue weighted by Gasteiger charge is 2.26. The highest BCUT2D eigenvalue weighted by Crippen LogP contribution is 2.26. The topological polar surface area (TPSA) is 43.5 Å². The summed E-state index contributed by atoms with van der Waals surface area (Å²) >= 11 is 0. The van der Waals surface area contributed by atoms with Gasteiger partial charge < -0.3 is 18.9 Å². The van der Waals surface area contributed by atoms with Crippen molar-refractivity contribution in [3.8, 4) is 0 Å². The van der Waals surface area contributed by atoms with Crippen molar-refractivity contribution in [2.75, 3.05) is 26.4 Å². The summed E-state index contributed by atoms with van der Waals surface area (Å²) in [5.74, 6) is 0.919. The van der Waals surface area contributed by atoms with Crippen LogP contribution in [0.4, 0.5) is 0 Å². The molecule has 2 atom stereocenters. The molecular formula is C19H34O4. The van der Waals surface area contributed by atoms with E-state index in [2.05, 4.69) is 6.92 Å². The fraction of sp³-hybridized carbons (Fsp3) is 1.00. The summed E-state index contributed by atoms with van der Waals surface area (Å²) in [6.07, 6.45) is 13.8. The van der Waals surface area contributed by atoms with Crippen LogP contribution in [0.25, 0.3) is 0 Å². The largest absolute Gasteiger partial charge is 0.375 e. The van der Waals surface area contributed by atoms with Gasteiger partial charge >= 0.3 is 0 Å². The van der Waals surface area contributed by atoms with Gasteiger partial charge in [0.1, 0.15) is 12.2 Å². The van der Waals surface area contributed by atoms with E-state index in [0.29, 0.717) is 24.4 Å². The van der Waals surface area contributed by atoms with E-state index in [1.807, 2.05) is 0 Å². The molecule has 0 aromatic carbocycles. The molecule has 4 fully saturated rings. The maximum Gasteiger partial charge on any atom is 0.104 e. The van der Waals surface area contributed by atoms with E-state index < -0.39 is 0 Å². The highest BCUT2D eigenvalue weighted by molar-refractivity contribution is 4.73. The minimum Gasteiger partial charge on any atom is -0.375 e. The van der Waals surface area contributed by atoms with Crippen molar-refractivity contribution in [1.29, 1.82) is 0 Å². The van der Waals surface area contributed by atoms with E-state index in [1.54, 1.807) is 0 Å². The zero-order valence-electron chi connectivity index (χ0n) is 14.7. The van der Waals surface area contributed by atoms with Crippen molar-refractivity contribution in [3.05, 3.63) is 0 Å². The van der Waals surface area contributed by atoms with E-state index in [0.717, 1.165) is 32.3 Å². The van der Waals surface area contributed by atoms with Crippen LogP contribution in [0.1, 0.15) is 64.7 Å². The molecule has 2 saturated heterocycles. The number of hydrogen-bond acceptors (Lipinski definition) is 4. The Morgan fingerprint density at radius 2 is 1.17 bits per heavy atom. The lowest BCUT2D eigenvalue weighted by Gasteiger charge is -2.25. The Bertz CT molecular complexity index is 313. The third kappa shape index (κ3) is 7.51. The van der Waals surface area contributed by atoms with Gasteiger partial charge in [-0.2, -0.15) is 0 Å². The number of epoxide rings is 2. The van der Waals surface area contributed by atoms with E-state index in [-0.39, 0.29) is 0 Å². The Morgan fingerprint density at radius 3 is 1.65 bits per heavy atom. The third-order valence-corrected chi connectivity index (χ3v) is 5.36. The molecule has 2 aliphatic carbocycles. The Balaban J connectivity index is 0.000000136. The van der Waals surface area contributed by atoms with Crippen molar-refractivity contribution < 1.29 is 18.9 Å². The first-order valence-corrected chi connectivity index (χ1v) is 9.76. The second-order valence-electron chi connectivity index (χ2n) is 7.72. The van der Waals surface area contributed by atoms with E-state index in [4.69, 9.17) is 18.9 Å². The van der Waals surface area contributed by atoms with Crippen LogP contribution in [-0.4, -0.2) is 50.8 Å². The molecule has 0 aromatic rings. The first-order valence-electron chi connectivity index (χ1n) is 9.76. The fourth-order valence-electron chi connectivity index (χ4n) is 3.44. The van der Waals surface area contributed by atoms with Crippen molar-refractivity contribution in [2.45, 2.75) is 89.1 Å². The molecule has 0 amide bonds. The van der Waals surface area contributed by atoms with Crippen LogP contribution in [0.5, 0.6) is 0 Å². The molecule has 0 N–H and O–H groups in total. The summed E-state index contributed by atoms with van der Waals surface area (Å²) in [5, 5.41) is 0. The number of ether oxygens (including phenoxy) is 4. The van der Waals surface area contributed by atoms with Crippen LogP contribution >= 0.6 is 0 Å². The molecule has 0 spiro atoms. The lowest BCUT2D eigenvalue weighted by Crippen LogP contribution is -2.22. The molecule has 4 heteroatoms. The molecular weight excluding hydrogens is 292 g/mol. The molecule has 23 heavy (non-hydrogen) atoms. The van der Waals surface area contributed by atoms with Gasteiger partial charge in [0, 0.05) is 0 Å². The Hall–Kier alpha value is -0.160. The normalized spacial score (nSPS) is 36.9. The van der Waals surface area contributed by atoms with Gasteiger partial charge in [-0.1, -0.05) is 26.2 Å². The van der Waals surface area contributed by atoms with Gasteiger partial charge in [-0.3, -0.25) is 0 Å². The van der Waals surface area contributed by atoms with Crippen LogP contribution in [0.2, 0.25) is 0 Å². The van der Waals surface area contributed by atoms with Crippen molar-refractivity contribution in [1.82, 2.24) is 0 Å². The van der Waals surface area contributed by atoms with Crippen molar-refractivity contribution in [3.63, 3.8) is 0 Å². The summed E-state index contributed by atoms with van der Waals surface area (Å²) in [6, 6.07) is 0. The summed E-state index contributed by atoms with van der Waals surface area (Å²) in [6.45, 7) is 5.85. The van der Waals surface area contributed by atoms with E-state index in [9.17, 15) is 0 Å². The summed E-state index contributed by atoms with van der Waals surface area (Å²) in [7, 11) is 0. The monoisotopic (exact) mass is 326 g/mol. The van der Waals surface area contributed by atoms with Crippen LogP contribution in [0.15, 0.2) is 0 Å². The maximum atomic E-state index is 5.73. The smallest absolute Gasteiger partial charge is 0.104 e. The van der Waals surface area contributed by atoms with Gasteiger partial charge in [0.05, 0.1) is 38.6 Å². The lowest BCUT2D eigenvalue weighted by atomic mass is 9.89. The zero-order chi connectivity index (χ0) is 15.9. The summed E-state index contributed by atoms with van der Waals surface area (Å²) in [4.78, 5) is 0. The fourth-order valence-corrected chi connectivity index (χ4v) is 3.44.